The van der Waals surface area contributed by atoms with Crippen LogP contribution < -0.4 is 16.2 Å². The zero-order valence-corrected chi connectivity index (χ0v) is 14.1. The molecule has 2 rings (SSSR count). The Morgan fingerprint density at radius 3 is 2.32 bits per heavy atom. The SMILES string of the molecule is O=C(CNC(=O)c1ccc(Cl)c(Cl)c1)NNC(=O)c1ccccc1F. The van der Waals surface area contributed by atoms with Crippen molar-refractivity contribution in [1.82, 2.24) is 16.2 Å². The summed E-state index contributed by atoms with van der Waals surface area (Å²) >= 11 is 11.6. The molecular weight excluding hydrogens is 372 g/mol. The molecule has 0 bridgehead atoms. The number of hydrogen-bond acceptors (Lipinski definition) is 3. The van der Waals surface area contributed by atoms with E-state index in [9.17, 15) is 18.8 Å². The standard InChI is InChI=1S/C16H12Cl2FN3O3/c17-11-6-5-9(7-12(11)18)15(24)20-8-14(23)21-22-16(25)10-3-1-2-4-13(10)19/h1-7H,8H2,(H,20,24)(H,21,23)(H,22,25). The van der Waals surface area contributed by atoms with E-state index >= 15 is 0 Å². The van der Waals surface area contributed by atoms with Crippen molar-refractivity contribution in [3.63, 3.8) is 0 Å². The van der Waals surface area contributed by atoms with E-state index in [0.717, 1.165) is 6.07 Å². The van der Waals surface area contributed by atoms with Crippen molar-refractivity contribution < 1.29 is 18.8 Å². The summed E-state index contributed by atoms with van der Waals surface area (Å²) < 4.78 is 13.4. The Morgan fingerprint density at radius 1 is 0.920 bits per heavy atom. The van der Waals surface area contributed by atoms with Crippen LogP contribution in [0.15, 0.2) is 42.5 Å². The van der Waals surface area contributed by atoms with Gasteiger partial charge in [0.25, 0.3) is 17.7 Å². The number of halogens is 3. The fourth-order valence-electron chi connectivity index (χ4n) is 1.78. The van der Waals surface area contributed by atoms with E-state index in [2.05, 4.69) is 16.2 Å². The Hall–Kier alpha value is -2.64. The monoisotopic (exact) mass is 383 g/mol. The average Bonchev–Trinajstić information content (AvgIpc) is 2.60. The summed E-state index contributed by atoms with van der Waals surface area (Å²) in [4.78, 5) is 35.2. The minimum Gasteiger partial charge on any atom is -0.343 e. The maximum absolute atomic E-state index is 13.4. The summed E-state index contributed by atoms with van der Waals surface area (Å²) in [5.41, 5.74) is 4.12. The molecule has 0 aliphatic rings. The molecule has 25 heavy (non-hydrogen) atoms. The van der Waals surface area contributed by atoms with Gasteiger partial charge in [0.1, 0.15) is 5.82 Å². The van der Waals surface area contributed by atoms with E-state index in [4.69, 9.17) is 23.2 Å². The molecule has 0 unspecified atom stereocenters. The van der Waals surface area contributed by atoms with Crippen LogP contribution in [0.5, 0.6) is 0 Å². The van der Waals surface area contributed by atoms with Gasteiger partial charge in [0.05, 0.1) is 22.2 Å². The van der Waals surface area contributed by atoms with Crippen LogP contribution in [0, 0.1) is 5.82 Å². The molecule has 0 radical (unpaired) electrons. The highest BCUT2D eigenvalue weighted by Crippen LogP contribution is 2.22. The van der Waals surface area contributed by atoms with E-state index in [0.29, 0.717) is 5.02 Å². The molecule has 0 atom stereocenters. The first-order chi connectivity index (χ1) is 11.9. The summed E-state index contributed by atoms with van der Waals surface area (Å²) in [5, 5.41) is 2.84. The van der Waals surface area contributed by atoms with Crippen LogP contribution in [0.2, 0.25) is 10.0 Å². The molecule has 2 aromatic carbocycles. The zero-order valence-electron chi connectivity index (χ0n) is 12.6. The number of benzene rings is 2. The van der Waals surface area contributed by atoms with E-state index in [1.807, 2.05) is 0 Å². The second-order valence-electron chi connectivity index (χ2n) is 4.79. The third kappa shape index (κ3) is 5.17. The largest absolute Gasteiger partial charge is 0.343 e. The molecule has 0 saturated carbocycles. The normalized spacial score (nSPS) is 10.0. The minimum atomic E-state index is -0.817. The first-order valence-corrected chi connectivity index (χ1v) is 7.71. The zero-order chi connectivity index (χ0) is 18.4. The number of nitrogens with one attached hydrogen (secondary N) is 3. The maximum atomic E-state index is 13.4. The topological polar surface area (TPSA) is 87.3 Å². The number of carbonyl (C=O) groups is 3. The van der Waals surface area contributed by atoms with E-state index in [-0.39, 0.29) is 16.1 Å². The quantitative estimate of drug-likeness (QED) is 0.708. The van der Waals surface area contributed by atoms with Crippen molar-refractivity contribution in [2.75, 3.05) is 6.54 Å². The molecule has 0 aliphatic heterocycles. The van der Waals surface area contributed by atoms with Crippen LogP contribution in [0.4, 0.5) is 4.39 Å². The molecule has 0 aliphatic carbocycles. The maximum Gasteiger partial charge on any atom is 0.272 e. The van der Waals surface area contributed by atoms with Crippen LogP contribution in [0.25, 0.3) is 0 Å². The lowest BCUT2D eigenvalue weighted by molar-refractivity contribution is -0.120. The molecule has 3 N–H and O–H groups in total. The Kier molecular flexibility index (Phi) is 6.32. The third-order valence-corrected chi connectivity index (χ3v) is 3.76. The lowest BCUT2D eigenvalue weighted by Gasteiger charge is -2.09. The van der Waals surface area contributed by atoms with Crippen molar-refractivity contribution >= 4 is 40.9 Å². The van der Waals surface area contributed by atoms with E-state index < -0.39 is 30.1 Å². The molecule has 0 spiro atoms. The summed E-state index contributed by atoms with van der Waals surface area (Å²) in [6.07, 6.45) is 0. The first-order valence-electron chi connectivity index (χ1n) is 6.95. The molecule has 9 heteroatoms. The van der Waals surface area contributed by atoms with Gasteiger partial charge < -0.3 is 5.32 Å². The Morgan fingerprint density at radius 2 is 1.64 bits per heavy atom. The van der Waals surface area contributed by atoms with Crippen molar-refractivity contribution in [3.05, 3.63) is 69.5 Å². The van der Waals surface area contributed by atoms with Crippen LogP contribution in [0.1, 0.15) is 20.7 Å². The highest BCUT2D eigenvalue weighted by atomic mass is 35.5. The van der Waals surface area contributed by atoms with Gasteiger partial charge >= 0.3 is 0 Å². The molecule has 0 aromatic heterocycles. The lowest BCUT2D eigenvalue weighted by atomic mass is 10.2. The highest BCUT2D eigenvalue weighted by molar-refractivity contribution is 6.42. The summed E-state index contributed by atoms with van der Waals surface area (Å²) in [5.74, 6) is -2.78. The van der Waals surface area contributed by atoms with Gasteiger partial charge in [0.15, 0.2) is 0 Å². The van der Waals surface area contributed by atoms with Gasteiger partial charge in [0, 0.05) is 5.56 Å². The van der Waals surface area contributed by atoms with Crippen molar-refractivity contribution in [2.24, 2.45) is 0 Å². The molecule has 130 valence electrons. The average molecular weight is 384 g/mol. The van der Waals surface area contributed by atoms with Gasteiger partial charge in [-0.2, -0.15) is 0 Å². The highest BCUT2D eigenvalue weighted by Gasteiger charge is 2.13. The summed E-state index contributed by atoms with van der Waals surface area (Å²) in [6.45, 7) is -0.406. The minimum absolute atomic E-state index is 0.205. The Balaban J connectivity index is 1.82. The third-order valence-electron chi connectivity index (χ3n) is 3.03. The van der Waals surface area contributed by atoms with Gasteiger partial charge in [-0.25, -0.2) is 4.39 Å². The Labute approximate surface area is 152 Å². The number of hydrogen-bond donors (Lipinski definition) is 3. The van der Waals surface area contributed by atoms with Crippen LogP contribution >= 0.6 is 23.2 Å². The second kappa shape index (κ2) is 8.46. The number of hydrazine groups is 1. The van der Waals surface area contributed by atoms with Gasteiger partial charge in [-0.3, -0.25) is 25.2 Å². The van der Waals surface area contributed by atoms with Crippen molar-refractivity contribution in [3.8, 4) is 0 Å². The fraction of sp³-hybridized carbons (Fsp3) is 0.0625. The number of rotatable bonds is 4. The van der Waals surface area contributed by atoms with Gasteiger partial charge in [-0.05, 0) is 30.3 Å². The smallest absolute Gasteiger partial charge is 0.272 e. The van der Waals surface area contributed by atoms with Crippen molar-refractivity contribution in [1.29, 1.82) is 0 Å². The number of amides is 3. The summed E-state index contributed by atoms with van der Waals surface area (Å²) in [6, 6.07) is 9.56. The number of carbonyl (C=O) groups excluding carboxylic acids is 3. The van der Waals surface area contributed by atoms with E-state index in [1.165, 1.54) is 36.4 Å². The molecule has 3 amide bonds. The Bertz CT molecular complexity index is 830. The second-order valence-corrected chi connectivity index (χ2v) is 5.61. The van der Waals surface area contributed by atoms with Crippen LogP contribution in [-0.2, 0) is 4.79 Å². The van der Waals surface area contributed by atoms with Gasteiger partial charge in [-0.15, -0.1) is 0 Å². The molecule has 2 aromatic rings. The molecular formula is C16H12Cl2FN3O3. The van der Waals surface area contributed by atoms with Crippen LogP contribution in [-0.4, -0.2) is 24.3 Å². The van der Waals surface area contributed by atoms with Crippen LogP contribution in [0.3, 0.4) is 0 Å². The predicted molar refractivity (Wildman–Crippen MR) is 90.8 cm³/mol. The van der Waals surface area contributed by atoms with E-state index in [1.54, 1.807) is 0 Å². The van der Waals surface area contributed by atoms with Gasteiger partial charge in [-0.1, -0.05) is 35.3 Å². The first kappa shape index (κ1) is 18.7. The van der Waals surface area contributed by atoms with Crippen molar-refractivity contribution in [2.45, 2.75) is 0 Å². The predicted octanol–water partition coefficient (Wildman–Crippen LogP) is 2.32. The fourth-order valence-corrected chi connectivity index (χ4v) is 2.08. The molecule has 6 nitrogen and oxygen atoms in total. The molecule has 0 heterocycles. The summed E-state index contributed by atoms with van der Waals surface area (Å²) in [7, 11) is 0. The molecule has 0 fully saturated rings. The molecule has 0 saturated heterocycles. The lowest BCUT2D eigenvalue weighted by Crippen LogP contribution is -2.46. The van der Waals surface area contributed by atoms with Gasteiger partial charge in [0.2, 0.25) is 0 Å².